The molecule has 0 bridgehead atoms. The van der Waals surface area contributed by atoms with E-state index in [4.69, 9.17) is 0 Å². The zero-order valence-corrected chi connectivity index (χ0v) is 14.3. The molecule has 1 heterocycles. The quantitative estimate of drug-likeness (QED) is 0.774. The number of nitrogens with zero attached hydrogens (tertiary/aromatic N) is 2. The number of carbonyl (C=O) groups excluding carboxylic acids is 1. The molecule has 1 aliphatic heterocycles. The zero-order valence-electron chi connectivity index (χ0n) is 14.3. The van der Waals surface area contributed by atoms with E-state index in [9.17, 15) is 9.90 Å². The summed E-state index contributed by atoms with van der Waals surface area (Å²) in [6.45, 7) is 8.61. The van der Waals surface area contributed by atoms with Crippen LogP contribution in [0, 0.1) is 0 Å². The molecule has 0 radical (unpaired) electrons. The van der Waals surface area contributed by atoms with Crippen molar-refractivity contribution >= 4 is 5.91 Å². The van der Waals surface area contributed by atoms with E-state index < -0.39 is 0 Å². The normalized spacial score (nSPS) is 26.8. The van der Waals surface area contributed by atoms with Gasteiger partial charge in [-0.05, 0) is 26.7 Å². The lowest BCUT2D eigenvalue weighted by molar-refractivity contribution is -0.122. The molecule has 5 nitrogen and oxygen atoms in total. The lowest BCUT2D eigenvalue weighted by Crippen LogP contribution is -2.53. The topological polar surface area (TPSA) is 55.8 Å². The number of amides is 1. The molecule has 1 amide bonds. The van der Waals surface area contributed by atoms with Crippen LogP contribution in [0.1, 0.15) is 52.4 Å². The highest BCUT2D eigenvalue weighted by molar-refractivity contribution is 5.76. The number of β-amino-alcohol motifs (C(OH)–C–C–N with tert-alkyl or cyclic N) is 1. The van der Waals surface area contributed by atoms with Gasteiger partial charge in [-0.2, -0.15) is 0 Å². The van der Waals surface area contributed by atoms with Crippen LogP contribution >= 0.6 is 0 Å². The number of piperazine rings is 1. The second kappa shape index (κ2) is 8.85. The van der Waals surface area contributed by atoms with E-state index in [0.717, 1.165) is 45.6 Å². The molecule has 2 fully saturated rings. The molecular formula is C17H33N3O2. The predicted molar refractivity (Wildman–Crippen MR) is 88.8 cm³/mol. The highest BCUT2D eigenvalue weighted by Crippen LogP contribution is 2.17. The smallest absolute Gasteiger partial charge is 0.221 e. The van der Waals surface area contributed by atoms with Crippen molar-refractivity contribution in [3.05, 3.63) is 0 Å². The summed E-state index contributed by atoms with van der Waals surface area (Å²) < 4.78 is 0. The Kier molecular flexibility index (Phi) is 7.12. The van der Waals surface area contributed by atoms with Gasteiger partial charge in [-0.25, -0.2) is 0 Å². The van der Waals surface area contributed by atoms with Crippen molar-refractivity contribution in [1.29, 1.82) is 0 Å². The molecule has 2 rings (SSSR count). The van der Waals surface area contributed by atoms with Gasteiger partial charge in [0.05, 0.1) is 6.10 Å². The maximum absolute atomic E-state index is 12.1. The number of aliphatic hydroxyl groups is 1. The highest BCUT2D eigenvalue weighted by Gasteiger charge is 2.24. The van der Waals surface area contributed by atoms with Crippen LogP contribution < -0.4 is 5.32 Å². The summed E-state index contributed by atoms with van der Waals surface area (Å²) in [5.74, 6) is 0.214. The molecule has 22 heavy (non-hydrogen) atoms. The minimum atomic E-state index is -0.268. The summed E-state index contributed by atoms with van der Waals surface area (Å²) >= 11 is 0. The van der Waals surface area contributed by atoms with Crippen LogP contribution in [0.15, 0.2) is 0 Å². The van der Waals surface area contributed by atoms with Crippen molar-refractivity contribution in [3.8, 4) is 0 Å². The number of nitrogens with one attached hydrogen (secondary N) is 1. The molecule has 0 aromatic rings. The third-order valence-corrected chi connectivity index (χ3v) is 4.97. The Hall–Kier alpha value is -0.650. The number of carbonyl (C=O) groups is 1. The van der Waals surface area contributed by atoms with Crippen LogP contribution in [0.4, 0.5) is 0 Å². The van der Waals surface area contributed by atoms with Gasteiger partial charge in [0.25, 0.3) is 0 Å². The minimum absolute atomic E-state index is 0.214. The van der Waals surface area contributed by atoms with Crippen molar-refractivity contribution < 1.29 is 9.90 Å². The van der Waals surface area contributed by atoms with Crippen molar-refractivity contribution in [2.24, 2.45) is 0 Å². The van der Waals surface area contributed by atoms with Gasteiger partial charge in [0, 0.05) is 51.2 Å². The monoisotopic (exact) mass is 311 g/mol. The molecule has 128 valence electrons. The lowest BCUT2D eigenvalue weighted by Gasteiger charge is -2.40. The SMILES string of the molecule is C[C@@H]1CN(CCC(=O)NC2CCCCC2)CCN1C[C@@H](C)O. The molecule has 0 unspecified atom stereocenters. The molecule has 0 aromatic heterocycles. The largest absolute Gasteiger partial charge is 0.392 e. The average molecular weight is 311 g/mol. The van der Waals surface area contributed by atoms with Gasteiger partial charge in [0.1, 0.15) is 0 Å². The van der Waals surface area contributed by atoms with Crippen LogP contribution in [0.5, 0.6) is 0 Å². The van der Waals surface area contributed by atoms with E-state index in [2.05, 4.69) is 22.0 Å². The first-order valence-corrected chi connectivity index (χ1v) is 8.98. The Balaban J connectivity index is 1.64. The molecule has 1 saturated heterocycles. The summed E-state index contributed by atoms with van der Waals surface area (Å²) in [5, 5.41) is 12.7. The van der Waals surface area contributed by atoms with Gasteiger partial charge in [0.2, 0.25) is 5.91 Å². The van der Waals surface area contributed by atoms with Crippen LogP contribution in [-0.4, -0.2) is 71.7 Å². The van der Waals surface area contributed by atoms with Crippen LogP contribution in [0.2, 0.25) is 0 Å². The van der Waals surface area contributed by atoms with Gasteiger partial charge in [-0.1, -0.05) is 19.3 Å². The fourth-order valence-corrected chi connectivity index (χ4v) is 3.69. The number of aliphatic hydroxyl groups excluding tert-OH is 1. The molecule has 1 saturated carbocycles. The van der Waals surface area contributed by atoms with Crippen LogP contribution in [-0.2, 0) is 4.79 Å². The maximum atomic E-state index is 12.1. The standard InChI is InChI=1S/C17H33N3O2/c1-14-12-19(10-11-20(14)13-15(2)21)9-8-17(22)18-16-6-4-3-5-7-16/h14-16,21H,3-13H2,1-2H3,(H,18,22)/t14-,15-/m1/s1. The number of rotatable bonds is 6. The molecule has 2 atom stereocenters. The van der Waals surface area contributed by atoms with Crippen LogP contribution in [0.25, 0.3) is 0 Å². The summed E-state index contributed by atoms with van der Waals surface area (Å²) in [6, 6.07) is 0.868. The Labute approximate surface area is 135 Å². The van der Waals surface area contributed by atoms with E-state index >= 15 is 0 Å². The fraction of sp³-hybridized carbons (Fsp3) is 0.941. The Morgan fingerprint density at radius 3 is 2.64 bits per heavy atom. The van der Waals surface area contributed by atoms with E-state index in [1.165, 1.54) is 19.3 Å². The van der Waals surface area contributed by atoms with E-state index in [0.29, 0.717) is 18.5 Å². The number of hydrogen-bond donors (Lipinski definition) is 2. The second-order valence-electron chi connectivity index (χ2n) is 7.15. The van der Waals surface area contributed by atoms with E-state index in [-0.39, 0.29) is 12.0 Å². The van der Waals surface area contributed by atoms with Crippen LogP contribution in [0.3, 0.4) is 0 Å². The van der Waals surface area contributed by atoms with E-state index in [1.54, 1.807) is 0 Å². The lowest BCUT2D eigenvalue weighted by atomic mass is 9.95. The fourth-order valence-electron chi connectivity index (χ4n) is 3.69. The summed E-state index contributed by atoms with van der Waals surface area (Å²) in [7, 11) is 0. The summed E-state index contributed by atoms with van der Waals surface area (Å²) in [5.41, 5.74) is 0. The first kappa shape index (κ1) is 17.7. The summed E-state index contributed by atoms with van der Waals surface area (Å²) in [4.78, 5) is 16.8. The first-order valence-electron chi connectivity index (χ1n) is 8.98. The minimum Gasteiger partial charge on any atom is -0.392 e. The van der Waals surface area contributed by atoms with E-state index in [1.807, 2.05) is 6.92 Å². The first-order chi connectivity index (χ1) is 10.5. The third-order valence-electron chi connectivity index (χ3n) is 4.97. The average Bonchev–Trinajstić information content (AvgIpc) is 2.48. The van der Waals surface area contributed by atoms with Gasteiger partial charge in [0.15, 0.2) is 0 Å². The summed E-state index contributed by atoms with van der Waals surface area (Å²) in [6.07, 6.45) is 6.49. The van der Waals surface area contributed by atoms with Gasteiger partial charge < -0.3 is 15.3 Å². The van der Waals surface area contributed by atoms with Crippen molar-refractivity contribution in [3.63, 3.8) is 0 Å². The molecule has 2 N–H and O–H groups in total. The van der Waals surface area contributed by atoms with Crippen molar-refractivity contribution in [2.45, 2.75) is 70.6 Å². The molecule has 1 aliphatic carbocycles. The Morgan fingerprint density at radius 2 is 2.00 bits per heavy atom. The maximum Gasteiger partial charge on any atom is 0.221 e. The van der Waals surface area contributed by atoms with Gasteiger partial charge >= 0.3 is 0 Å². The molecule has 0 spiro atoms. The molecular weight excluding hydrogens is 278 g/mol. The van der Waals surface area contributed by atoms with Gasteiger partial charge in [-0.15, -0.1) is 0 Å². The van der Waals surface area contributed by atoms with Crippen molar-refractivity contribution in [2.75, 3.05) is 32.7 Å². The molecule has 0 aromatic carbocycles. The zero-order chi connectivity index (χ0) is 15.9. The van der Waals surface area contributed by atoms with Crippen molar-refractivity contribution in [1.82, 2.24) is 15.1 Å². The second-order valence-corrected chi connectivity index (χ2v) is 7.15. The highest BCUT2D eigenvalue weighted by atomic mass is 16.3. The molecule has 5 heteroatoms. The molecule has 2 aliphatic rings. The number of hydrogen-bond acceptors (Lipinski definition) is 4. The van der Waals surface area contributed by atoms with Gasteiger partial charge in [-0.3, -0.25) is 9.69 Å². The third kappa shape index (κ3) is 5.86. The Morgan fingerprint density at radius 1 is 1.27 bits per heavy atom. The Bertz CT molecular complexity index is 343. The predicted octanol–water partition coefficient (Wildman–Crippen LogP) is 1.21.